The van der Waals surface area contributed by atoms with E-state index in [1.165, 1.54) is 18.4 Å². The molecule has 4 rings (SSSR count). The first-order valence-corrected chi connectivity index (χ1v) is 9.24. The van der Waals surface area contributed by atoms with Crippen molar-refractivity contribution in [3.63, 3.8) is 0 Å². The Morgan fingerprint density at radius 3 is 2.77 bits per heavy atom. The van der Waals surface area contributed by atoms with Crippen molar-refractivity contribution in [2.75, 3.05) is 19.6 Å². The zero-order chi connectivity index (χ0) is 15.1. The minimum absolute atomic E-state index is 0.410. The van der Waals surface area contributed by atoms with Gasteiger partial charge < -0.3 is 4.90 Å². The van der Waals surface area contributed by atoms with Crippen molar-refractivity contribution < 1.29 is 4.79 Å². The number of hydrogen-bond donors (Lipinski definition) is 0. The molecule has 3 saturated heterocycles. The van der Waals surface area contributed by atoms with E-state index >= 15 is 0 Å². The summed E-state index contributed by atoms with van der Waals surface area (Å²) in [4.78, 5) is 17.0. The fraction of sp³-hybridized carbons (Fsp3) is 0.611. The standard InChI is InChI=1S/C18H23BrN2O/c19-16-6-4-13(5-7-16)9-20-10-14-8-15(12-20)17-2-1-3-18(22)21(17)11-14/h4-7,14-15,17H,1-3,8-12H2/t14-,15-,17-/m0/s1. The number of carbonyl (C=O) groups is 1. The first-order valence-electron chi connectivity index (χ1n) is 8.45. The zero-order valence-electron chi connectivity index (χ0n) is 12.9. The maximum Gasteiger partial charge on any atom is 0.222 e. The third-order valence-electron chi connectivity index (χ3n) is 5.57. The molecule has 0 aliphatic carbocycles. The zero-order valence-corrected chi connectivity index (χ0v) is 14.5. The van der Waals surface area contributed by atoms with Crippen LogP contribution in [0.1, 0.15) is 31.2 Å². The number of halogens is 1. The number of amides is 1. The van der Waals surface area contributed by atoms with E-state index in [4.69, 9.17) is 0 Å². The Bertz CT molecular complexity index is 559. The highest BCUT2D eigenvalue weighted by atomic mass is 79.9. The first kappa shape index (κ1) is 14.7. The Kier molecular flexibility index (Phi) is 3.99. The van der Waals surface area contributed by atoms with Crippen LogP contribution >= 0.6 is 15.9 Å². The summed E-state index contributed by atoms with van der Waals surface area (Å²) >= 11 is 3.50. The molecule has 1 aromatic rings. The summed E-state index contributed by atoms with van der Waals surface area (Å²) in [6.07, 6.45) is 4.41. The molecule has 3 atom stereocenters. The van der Waals surface area contributed by atoms with E-state index in [1.807, 2.05) is 0 Å². The lowest BCUT2D eigenvalue weighted by molar-refractivity contribution is -0.145. The lowest BCUT2D eigenvalue weighted by atomic mass is 9.76. The number of piperidine rings is 3. The monoisotopic (exact) mass is 362 g/mol. The summed E-state index contributed by atoms with van der Waals surface area (Å²) in [6, 6.07) is 9.20. The Morgan fingerprint density at radius 1 is 1.14 bits per heavy atom. The van der Waals surface area contributed by atoms with Gasteiger partial charge in [0.2, 0.25) is 5.91 Å². The predicted octanol–water partition coefficient (Wildman–Crippen LogP) is 3.28. The molecule has 0 spiro atoms. The molecule has 3 heterocycles. The highest BCUT2D eigenvalue weighted by Crippen LogP contribution is 2.38. The van der Waals surface area contributed by atoms with Crippen molar-refractivity contribution in [2.24, 2.45) is 11.8 Å². The van der Waals surface area contributed by atoms with E-state index in [2.05, 4.69) is 50.0 Å². The molecular weight excluding hydrogens is 340 g/mol. The maximum atomic E-state index is 12.2. The third kappa shape index (κ3) is 2.83. The van der Waals surface area contributed by atoms with Crippen LogP contribution in [0.3, 0.4) is 0 Å². The molecule has 1 amide bonds. The molecular formula is C18H23BrN2O. The first-order chi connectivity index (χ1) is 10.7. The molecule has 3 aliphatic rings. The van der Waals surface area contributed by atoms with Gasteiger partial charge >= 0.3 is 0 Å². The summed E-state index contributed by atoms with van der Waals surface area (Å²) in [5.74, 6) is 1.77. The highest BCUT2D eigenvalue weighted by molar-refractivity contribution is 9.10. The van der Waals surface area contributed by atoms with Crippen LogP contribution in [0.15, 0.2) is 28.7 Å². The van der Waals surface area contributed by atoms with Gasteiger partial charge in [0.1, 0.15) is 0 Å². The second-order valence-corrected chi connectivity index (χ2v) is 8.10. The van der Waals surface area contributed by atoms with Gasteiger partial charge in [-0.15, -0.1) is 0 Å². The van der Waals surface area contributed by atoms with Crippen LogP contribution in [0.4, 0.5) is 0 Å². The molecule has 0 unspecified atom stereocenters. The molecule has 0 aromatic heterocycles. The molecule has 3 nitrogen and oxygen atoms in total. The number of likely N-dealkylation sites (tertiary alicyclic amines) is 1. The Hall–Kier alpha value is -0.870. The van der Waals surface area contributed by atoms with Crippen LogP contribution in [0.25, 0.3) is 0 Å². The number of carbonyl (C=O) groups excluding carboxylic acids is 1. The quantitative estimate of drug-likeness (QED) is 0.805. The van der Waals surface area contributed by atoms with Crippen molar-refractivity contribution >= 4 is 21.8 Å². The minimum atomic E-state index is 0.410. The van der Waals surface area contributed by atoms with Crippen LogP contribution < -0.4 is 0 Å². The minimum Gasteiger partial charge on any atom is -0.339 e. The van der Waals surface area contributed by atoms with Gasteiger partial charge in [0.05, 0.1) is 0 Å². The number of fused-ring (bicyclic) bond motifs is 4. The number of nitrogens with zero attached hydrogens (tertiary/aromatic N) is 2. The van der Waals surface area contributed by atoms with E-state index in [-0.39, 0.29) is 0 Å². The van der Waals surface area contributed by atoms with E-state index in [0.29, 0.717) is 23.8 Å². The van der Waals surface area contributed by atoms with Crippen LogP contribution in [0, 0.1) is 11.8 Å². The van der Waals surface area contributed by atoms with Gasteiger partial charge in [-0.2, -0.15) is 0 Å². The Morgan fingerprint density at radius 2 is 1.95 bits per heavy atom. The molecule has 2 bridgehead atoms. The SMILES string of the molecule is O=C1CCC[C@H]2[C@H]3C[C@@H](CN(Cc4ccc(Br)cc4)C3)CN12. The molecule has 0 saturated carbocycles. The molecule has 3 aliphatic heterocycles. The molecule has 0 radical (unpaired) electrons. The number of rotatable bonds is 2. The van der Waals surface area contributed by atoms with Crippen molar-refractivity contribution in [3.05, 3.63) is 34.3 Å². The van der Waals surface area contributed by atoms with Gasteiger partial charge in [-0.1, -0.05) is 28.1 Å². The second kappa shape index (κ2) is 5.97. The Labute approximate surface area is 140 Å². The van der Waals surface area contributed by atoms with Gasteiger partial charge in [0.15, 0.2) is 0 Å². The van der Waals surface area contributed by atoms with Crippen molar-refractivity contribution in [3.8, 4) is 0 Å². The van der Waals surface area contributed by atoms with Gasteiger partial charge in [-0.3, -0.25) is 9.69 Å². The molecule has 22 heavy (non-hydrogen) atoms. The largest absolute Gasteiger partial charge is 0.339 e. The summed E-state index contributed by atoms with van der Waals surface area (Å²) in [5.41, 5.74) is 1.39. The fourth-order valence-corrected chi connectivity index (χ4v) is 4.95. The summed E-state index contributed by atoms with van der Waals surface area (Å²) < 4.78 is 1.14. The number of benzene rings is 1. The average molecular weight is 363 g/mol. The fourth-order valence-electron chi connectivity index (χ4n) is 4.69. The molecule has 3 fully saturated rings. The van der Waals surface area contributed by atoms with Crippen molar-refractivity contribution in [1.82, 2.24) is 9.80 Å². The third-order valence-corrected chi connectivity index (χ3v) is 6.10. The normalized spacial score (nSPS) is 32.0. The van der Waals surface area contributed by atoms with Gasteiger partial charge in [0, 0.05) is 43.1 Å². The van der Waals surface area contributed by atoms with Crippen molar-refractivity contribution in [1.29, 1.82) is 0 Å². The second-order valence-electron chi connectivity index (χ2n) is 7.19. The highest BCUT2D eigenvalue weighted by Gasteiger charge is 2.43. The summed E-state index contributed by atoms with van der Waals surface area (Å²) in [6.45, 7) is 4.34. The number of hydrogen-bond acceptors (Lipinski definition) is 2. The van der Waals surface area contributed by atoms with E-state index in [0.717, 1.165) is 43.5 Å². The van der Waals surface area contributed by atoms with Crippen LogP contribution in [0.5, 0.6) is 0 Å². The molecule has 118 valence electrons. The average Bonchev–Trinajstić information content (AvgIpc) is 2.51. The van der Waals surface area contributed by atoms with Crippen LogP contribution in [0.2, 0.25) is 0 Å². The van der Waals surface area contributed by atoms with E-state index in [1.54, 1.807) is 0 Å². The molecule has 4 heteroatoms. The summed E-state index contributed by atoms with van der Waals surface area (Å²) in [5, 5.41) is 0. The van der Waals surface area contributed by atoms with E-state index < -0.39 is 0 Å². The lowest BCUT2D eigenvalue weighted by Crippen LogP contribution is -2.60. The maximum absolute atomic E-state index is 12.2. The van der Waals surface area contributed by atoms with Gasteiger partial charge in [0.25, 0.3) is 0 Å². The smallest absolute Gasteiger partial charge is 0.222 e. The molecule has 0 N–H and O–H groups in total. The summed E-state index contributed by atoms with van der Waals surface area (Å²) in [7, 11) is 0. The lowest BCUT2D eigenvalue weighted by Gasteiger charge is -2.52. The van der Waals surface area contributed by atoms with Gasteiger partial charge in [-0.25, -0.2) is 0 Å². The molecule has 1 aromatic carbocycles. The van der Waals surface area contributed by atoms with Crippen LogP contribution in [-0.2, 0) is 11.3 Å². The topological polar surface area (TPSA) is 23.6 Å². The van der Waals surface area contributed by atoms with Gasteiger partial charge in [-0.05, 0) is 48.8 Å². The Balaban J connectivity index is 1.46. The van der Waals surface area contributed by atoms with E-state index in [9.17, 15) is 4.79 Å². The predicted molar refractivity (Wildman–Crippen MR) is 90.4 cm³/mol. The van der Waals surface area contributed by atoms with Crippen LogP contribution in [-0.4, -0.2) is 41.4 Å². The van der Waals surface area contributed by atoms with Crippen molar-refractivity contribution in [2.45, 2.75) is 38.3 Å².